The molecule has 3 heterocycles. The maximum absolute atomic E-state index is 13.4. The van der Waals surface area contributed by atoms with Crippen LogP contribution in [0.25, 0.3) is 16.9 Å². The normalized spacial score (nSPS) is 16.9. The van der Waals surface area contributed by atoms with Crippen LogP contribution in [0.1, 0.15) is 49.7 Å². The smallest absolute Gasteiger partial charge is 0.435 e. The number of carbonyl (C=O) groups is 2. The molecule has 186 valence electrons. The first kappa shape index (κ1) is 24.4. The predicted octanol–water partition coefficient (Wildman–Crippen LogP) is 3.96. The number of halogens is 3. The van der Waals surface area contributed by atoms with Crippen LogP contribution in [0, 0.1) is 0 Å². The lowest BCUT2D eigenvalue weighted by atomic mass is 10.1. The van der Waals surface area contributed by atoms with Gasteiger partial charge in [0, 0.05) is 36.9 Å². The third-order valence-corrected chi connectivity index (χ3v) is 5.35. The van der Waals surface area contributed by atoms with Gasteiger partial charge in [0.1, 0.15) is 5.60 Å². The number of benzene rings is 1. The van der Waals surface area contributed by atoms with Crippen molar-refractivity contribution in [1.82, 2.24) is 30.0 Å². The monoisotopic (exact) mass is 490 g/mol. The molecule has 1 N–H and O–H groups in total. The lowest BCUT2D eigenvalue weighted by molar-refractivity contribution is -0.140. The summed E-state index contributed by atoms with van der Waals surface area (Å²) in [5.41, 5.74) is -1.32. The standard InChI is InChI=1S/C23H25F3N6O3/c1-22(2,3)35-21(34)31-10-6-7-15(13-31)29-19(33)14-11-27-20(28-12-14)32-17-9-5-4-8-16(17)18(30-32)23(24,25)26/h4-5,8-9,11-12,15H,6-7,10,13H2,1-3H3,(H,29,33). The molecular formula is C23H25F3N6O3. The Morgan fingerprint density at radius 1 is 1.11 bits per heavy atom. The number of alkyl halides is 3. The van der Waals surface area contributed by atoms with E-state index in [1.165, 1.54) is 30.6 Å². The van der Waals surface area contributed by atoms with Gasteiger partial charge in [-0.15, -0.1) is 0 Å². The van der Waals surface area contributed by atoms with E-state index in [2.05, 4.69) is 20.4 Å². The van der Waals surface area contributed by atoms with Crippen LogP contribution in [0.5, 0.6) is 0 Å². The van der Waals surface area contributed by atoms with Gasteiger partial charge in [0.25, 0.3) is 11.9 Å². The first-order valence-electron chi connectivity index (χ1n) is 11.1. The van der Waals surface area contributed by atoms with Crippen molar-refractivity contribution in [2.45, 2.75) is 51.4 Å². The van der Waals surface area contributed by atoms with Crippen LogP contribution < -0.4 is 5.32 Å². The average Bonchev–Trinajstić information content (AvgIpc) is 3.18. The molecule has 0 radical (unpaired) electrons. The van der Waals surface area contributed by atoms with Gasteiger partial charge in [0.05, 0.1) is 11.1 Å². The van der Waals surface area contributed by atoms with E-state index in [4.69, 9.17) is 4.74 Å². The Kier molecular flexibility index (Phi) is 6.39. The minimum absolute atomic E-state index is 0.0720. The summed E-state index contributed by atoms with van der Waals surface area (Å²) in [5.74, 6) is -0.545. The van der Waals surface area contributed by atoms with Crippen LogP contribution >= 0.6 is 0 Å². The zero-order valence-corrected chi connectivity index (χ0v) is 19.5. The molecule has 35 heavy (non-hydrogen) atoms. The van der Waals surface area contributed by atoms with E-state index >= 15 is 0 Å². The summed E-state index contributed by atoms with van der Waals surface area (Å²) in [5, 5.41) is 6.45. The van der Waals surface area contributed by atoms with Gasteiger partial charge in [0.15, 0.2) is 5.69 Å². The minimum atomic E-state index is -4.64. The van der Waals surface area contributed by atoms with Crippen LogP contribution in [0.2, 0.25) is 0 Å². The van der Waals surface area contributed by atoms with Crippen molar-refractivity contribution < 1.29 is 27.5 Å². The summed E-state index contributed by atoms with van der Waals surface area (Å²) >= 11 is 0. The Balaban J connectivity index is 1.47. The molecule has 1 saturated heterocycles. The number of likely N-dealkylation sites (tertiary alicyclic amines) is 1. The van der Waals surface area contributed by atoms with E-state index in [0.717, 1.165) is 4.68 Å². The molecule has 2 aromatic heterocycles. The number of fused-ring (bicyclic) bond motifs is 1. The number of amides is 2. The van der Waals surface area contributed by atoms with Crippen molar-refractivity contribution in [2.24, 2.45) is 0 Å². The summed E-state index contributed by atoms with van der Waals surface area (Å²) in [6.45, 7) is 6.20. The molecule has 9 nitrogen and oxygen atoms in total. The molecule has 0 aliphatic carbocycles. The molecule has 12 heteroatoms. The SMILES string of the molecule is CC(C)(C)OC(=O)N1CCCC(NC(=O)c2cnc(-n3nc(C(F)(F)F)c4ccccc43)nc2)C1. The Morgan fingerprint density at radius 3 is 2.46 bits per heavy atom. The van der Waals surface area contributed by atoms with Crippen LogP contribution in [-0.2, 0) is 10.9 Å². The van der Waals surface area contributed by atoms with E-state index in [-0.39, 0.29) is 28.5 Å². The van der Waals surface area contributed by atoms with Crippen molar-refractivity contribution >= 4 is 22.9 Å². The number of piperidine rings is 1. The fourth-order valence-electron chi connectivity index (χ4n) is 3.83. The Morgan fingerprint density at radius 2 is 1.80 bits per heavy atom. The number of nitrogens with zero attached hydrogens (tertiary/aromatic N) is 5. The molecule has 1 aliphatic heterocycles. The number of carbonyl (C=O) groups excluding carboxylic acids is 2. The number of aromatic nitrogens is 4. The van der Waals surface area contributed by atoms with Gasteiger partial charge in [-0.2, -0.15) is 23.0 Å². The van der Waals surface area contributed by atoms with Crippen molar-refractivity contribution in [1.29, 1.82) is 0 Å². The van der Waals surface area contributed by atoms with Crippen LogP contribution in [-0.4, -0.2) is 61.4 Å². The Bertz CT molecular complexity index is 1230. The first-order valence-corrected chi connectivity index (χ1v) is 11.1. The minimum Gasteiger partial charge on any atom is -0.444 e. The number of ether oxygens (including phenoxy) is 1. The highest BCUT2D eigenvalue weighted by Gasteiger charge is 2.37. The average molecular weight is 490 g/mol. The van der Waals surface area contributed by atoms with Crippen LogP contribution in [0.3, 0.4) is 0 Å². The molecule has 1 unspecified atom stereocenters. The fraction of sp³-hybridized carbons (Fsp3) is 0.435. The van der Waals surface area contributed by atoms with E-state index in [1.54, 1.807) is 31.7 Å². The molecule has 0 saturated carbocycles. The highest BCUT2D eigenvalue weighted by molar-refractivity contribution is 5.94. The second-order valence-corrected chi connectivity index (χ2v) is 9.29. The Labute approximate surface area is 199 Å². The number of nitrogens with one attached hydrogen (secondary N) is 1. The van der Waals surface area contributed by atoms with E-state index < -0.39 is 29.5 Å². The maximum atomic E-state index is 13.4. The van der Waals surface area contributed by atoms with Crippen molar-refractivity contribution in [3.05, 3.63) is 47.9 Å². The zero-order valence-electron chi connectivity index (χ0n) is 19.5. The molecule has 2 amide bonds. The first-order chi connectivity index (χ1) is 16.4. The molecule has 4 rings (SSSR count). The van der Waals surface area contributed by atoms with E-state index in [9.17, 15) is 22.8 Å². The van der Waals surface area contributed by atoms with Gasteiger partial charge in [0.2, 0.25) is 0 Å². The number of hydrogen-bond donors (Lipinski definition) is 1. The quantitative estimate of drug-likeness (QED) is 0.596. The summed E-state index contributed by atoms with van der Waals surface area (Å²) in [6, 6.07) is 5.61. The molecular weight excluding hydrogens is 465 g/mol. The highest BCUT2D eigenvalue weighted by Crippen LogP contribution is 2.34. The maximum Gasteiger partial charge on any atom is 0.435 e. The van der Waals surface area contributed by atoms with Crippen LogP contribution in [0.15, 0.2) is 36.7 Å². The zero-order chi connectivity index (χ0) is 25.4. The second-order valence-electron chi connectivity index (χ2n) is 9.29. The number of rotatable bonds is 3. The number of hydrogen-bond acceptors (Lipinski definition) is 6. The van der Waals surface area contributed by atoms with E-state index in [1.807, 2.05) is 0 Å². The van der Waals surface area contributed by atoms with Gasteiger partial charge < -0.3 is 15.0 Å². The van der Waals surface area contributed by atoms with Gasteiger partial charge >= 0.3 is 12.3 Å². The van der Waals surface area contributed by atoms with Crippen LogP contribution in [0.4, 0.5) is 18.0 Å². The molecule has 1 aliphatic rings. The summed E-state index contributed by atoms with van der Waals surface area (Å²) in [4.78, 5) is 34.7. The van der Waals surface area contributed by atoms with Gasteiger partial charge in [-0.1, -0.05) is 18.2 Å². The van der Waals surface area contributed by atoms with E-state index in [0.29, 0.717) is 25.9 Å². The lowest BCUT2D eigenvalue weighted by Crippen LogP contribution is -2.50. The molecule has 3 aromatic rings. The molecule has 0 spiro atoms. The highest BCUT2D eigenvalue weighted by atomic mass is 19.4. The molecule has 1 fully saturated rings. The summed E-state index contributed by atoms with van der Waals surface area (Å²) in [6.07, 6.45) is -1.23. The van der Waals surface area contributed by atoms with Crippen molar-refractivity contribution in [3.8, 4) is 5.95 Å². The summed E-state index contributed by atoms with van der Waals surface area (Å²) < 4.78 is 46.6. The molecule has 1 atom stereocenters. The largest absolute Gasteiger partial charge is 0.444 e. The lowest BCUT2D eigenvalue weighted by Gasteiger charge is -2.34. The van der Waals surface area contributed by atoms with Crippen molar-refractivity contribution in [3.63, 3.8) is 0 Å². The van der Waals surface area contributed by atoms with Gasteiger partial charge in [-0.3, -0.25) is 4.79 Å². The fourth-order valence-corrected chi connectivity index (χ4v) is 3.83. The summed E-state index contributed by atoms with van der Waals surface area (Å²) in [7, 11) is 0. The van der Waals surface area contributed by atoms with Gasteiger partial charge in [-0.05, 0) is 39.7 Å². The topological polar surface area (TPSA) is 102 Å². The molecule has 0 bridgehead atoms. The third-order valence-electron chi connectivity index (χ3n) is 5.35. The Hall–Kier alpha value is -3.70. The van der Waals surface area contributed by atoms with Gasteiger partial charge in [-0.25, -0.2) is 14.8 Å². The second kappa shape index (κ2) is 9.16. The number of para-hydroxylation sites is 1. The predicted molar refractivity (Wildman–Crippen MR) is 120 cm³/mol. The third kappa shape index (κ3) is 5.52. The molecule has 1 aromatic carbocycles. The van der Waals surface area contributed by atoms with Crippen molar-refractivity contribution in [2.75, 3.05) is 13.1 Å².